The maximum Gasteiger partial charge on any atom is 0.316 e. The molecule has 0 N–H and O–H groups in total. The SMILES string of the molecule is [Al+3].[Al+3].[CaH2].[CaH2].[MgH2].[MgH2].[O-2].[O-2].[O-2].[SiH4].[SiH4]. The summed E-state index contributed by atoms with van der Waals surface area (Å²) in [4.78, 5) is 0. The third kappa shape index (κ3) is 94.4. The van der Waals surface area contributed by atoms with Gasteiger partial charge in [-0.3, -0.25) is 0 Å². The van der Waals surface area contributed by atoms with Crippen LogP contribution in [0.15, 0.2) is 0 Å². The van der Waals surface area contributed by atoms with Gasteiger partial charge < -0.3 is 16.4 Å². The van der Waals surface area contributed by atoms with Gasteiger partial charge in [0.15, 0.2) is 0 Å². The van der Waals surface area contributed by atoms with Crippen LogP contribution < -0.4 is 0 Å². The Bertz CT molecular complexity index is 25.3. The van der Waals surface area contributed by atoms with Gasteiger partial charge >= 0.3 is 156 Å². The van der Waals surface area contributed by atoms with Crippen molar-refractivity contribution in [3.63, 3.8) is 0 Å². The number of hydrogen-bond donors (Lipinski definition) is 0. The molecule has 0 saturated heterocycles. The molecular weight excluding hydrogens is 287 g/mol. The smallest absolute Gasteiger partial charge is 0.316 e. The first-order valence-electron chi connectivity index (χ1n) is 0. The van der Waals surface area contributed by atoms with Crippen LogP contribution >= 0.6 is 0 Å². The monoisotopic (exact) mass is 302 g/mol. The summed E-state index contributed by atoms with van der Waals surface area (Å²) < 4.78 is 0. The Morgan fingerprint density at radius 1 is 0.455 bits per heavy atom. The molecule has 0 unspecified atom stereocenters. The average Bonchev–Trinajstić information content (AvgIpc) is 0. The van der Waals surface area contributed by atoms with Gasteiger partial charge in [0, 0.05) is 0 Å². The third-order valence-electron chi connectivity index (χ3n) is 0. The first-order valence-corrected chi connectivity index (χ1v) is 0. The van der Waals surface area contributed by atoms with E-state index in [2.05, 4.69) is 0 Å². The molecule has 0 rings (SSSR count). The molecule has 56 valence electrons. The normalized spacial score (nSPS) is 0. The van der Waals surface area contributed by atoms with Crippen molar-refractivity contribution >= 4 is 178 Å². The molecule has 0 aromatic carbocycles. The van der Waals surface area contributed by atoms with Crippen LogP contribution in [0.2, 0.25) is 0 Å². The van der Waals surface area contributed by atoms with Crippen molar-refractivity contribution in [2.24, 2.45) is 0 Å². The Kier molecular flexibility index (Phi) is 1310. The zero-order chi connectivity index (χ0) is 0. The summed E-state index contributed by atoms with van der Waals surface area (Å²) in [6.07, 6.45) is 0. The van der Waals surface area contributed by atoms with Crippen LogP contribution in [0, 0.1) is 0 Å². The summed E-state index contributed by atoms with van der Waals surface area (Å²) in [7, 11) is 0. The van der Waals surface area contributed by atoms with Gasteiger partial charge in [-0.05, 0) is 21.9 Å². The fourth-order valence-corrected chi connectivity index (χ4v) is 0. The van der Waals surface area contributed by atoms with Gasteiger partial charge in [0.25, 0.3) is 0 Å². The van der Waals surface area contributed by atoms with Crippen molar-refractivity contribution in [3.8, 4) is 0 Å². The van der Waals surface area contributed by atoms with Crippen molar-refractivity contribution in [1.82, 2.24) is 0 Å². The molecule has 0 bridgehead atoms. The minimum atomic E-state index is 0. The molecule has 3 nitrogen and oxygen atoms in total. The Labute approximate surface area is 190 Å². The molecule has 0 aliphatic carbocycles. The van der Waals surface area contributed by atoms with Gasteiger partial charge in [-0.25, -0.2) is 0 Å². The molecule has 11 heavy (non-hydrogen) atoms. The van der Waals surface area contributed by atoms with E-state index in [0.717, 1.165) is 0 Å². The van der Waals surface area contributed by atoms with Gasteiger partial charge in [0.05, 0.1) is 0 Å². The molecule has 0 aromatic rings. The van der Waals surface area contributed by atoms with E-state index in [1.807, 2.05) is 0 Å². The largest absolute Gasteiger partial charge is 2.00 e. The first kappa shape index (κ1) is 133. The van der Waals surface area contributed by atoms with E-state index in [1.165, 1.54) is 0 Å². The third-order valence-corrected chi connectivity index (χ3v) is 0. The predicted molar refractivity (Wildman–Crippen MR) is 70.4 cm³/mol. The number of rotatable bonds is 0. The summed E-state index contributed by atoms with van der Waals surface area (Å²) in [5.41, 5.74) is 0. The summed E-state index contributed by atoms with van der Waals surface area (Å²) in [5.74, 6) is 0. The minimum absolute atomic E-state index is 0. The van der Waals surface area contributed by atoms with Crippen LogP contribution in [0.5, 0.6) is 0 Å². The summed E-state index contributed by atoms with van der Waals surface area (Å²) in [6, 6.07) is 0. The van der Waals surface area contributed by atoms with E-state index in [1.54, 1.807) is 0 Å². The van der Waals surface area contributed by atoms with Crippen LogP contribution in [0.25, 0.3) is 0 Å². The second-order valence-corrected chi connectivity index (χ2v) is 0. The van der Waals surface area contributed by atoms with E-state index in [0.29, 0.717) is 0 Å². The summed E-state index contributed by atoms with van der Waals surface area (Å²) >= 11 is 0. The first-order chi connectivity index (χ1) is 0. The molecule has 0 saturated carbocycles. The number of hydrogen-bond acceptors (Lipinski definition) is 0. The van der Waals surface area contributed by atoms with Gasteiger partial charge in [-0.2, -0.15) is 0 Å². The van der Waals surface area contributed by atoms with Gasteiger partial charge in [-0.1, -0.05) is 0 Å². The van der Waals surface area contributed by atoms with Gasteiger partial charge in [0.2, 0.25) is 0 Å². The van der Waals surface area contributed by atoms with E-state index < -0.39 is 0 Å². The molecule has 0 atom stereocenters. The molecule has 0 amide bonds. The molecule has 0 heterocycles. The maximum atomic E-state index is 0. The van der Waals surface area contributed by atoms with Crippen molar-refractivity contribution in [1.29, 1.82) is 0 Å². The molecule has 0 aliphatic rings. The predicted octanol–water partition coefficient (Wildman–Crippen LogP) is -7.69. The van der Waals surface area contributed by atoms with E-state index >= 15 is 0 Å². The molecule has 0 aromatic heterocycles. The van der Waals surface area contributed by atoms with Crippen LogP contribution in [-0.2, 0) is 16.4 Å². The fraction of sp³-hybridized carbons (Fsp3) is 0. The Morgan fingerprint density at radius 2 is 0.455 bits per heavy atom. The maximum absolute atomic E-state index is 0. The van der Waals surface area contributed by atoms with Crippen LogP contribution in [0.3, 0.4) is 0 Å². The van der Waals surface area contributed by atoms with Crippen molar-refractivity contribution in [2.75, 3.05) is 0 Å². The average molecular weight is 303 g/mol. The molecule has 0 fully saturated rings. The zero-order valence-corrected chi connectivity index (χ0v) is 4.69. The Morgan fingerprint density at radius 3 is 0.455 bits per heavy atom. The summed E-state index contributed by atoms with van der Waals surface area (Å²) in [5, 5.41) is 0. The van der Waals surface area contributed by atoms with Crippen LogP contribution in [0.1, 0.15) is 0 Å². The van der Waals surface area contributed by atoms with E-state index in [-0.39, 0.29) is 195 Å². The zero-order valence-electron chi connectivity index (χ0n) is 2.38. The van der Waals surface area contributed by atoms with Crippen molar-refractivity contribution in [2.45, 2.75) is 0 Å². The Balaban J connectivity index is 0. The molecule has 0 radical (unpaired) electrons. The van der Waals surface area contributed by atoms with Crippen molar-refractivity contribution < 1.29 is 16.4 Å². The van der Waals surface area contributed by atoms with E-state index in [4.69, 9.17) is 0 Å². The second kappa shape index (κ2) is 109. The van der Waals surface area contributed by atoms with Gasteiger partial charge in [-0.15, -0.1) is 0 Å². The van der Waals surface area contributed by atoms with E-state index in [9.17, 15) is 0 Å². The fourth-order valence-electron chi connectivity index (χ4n) is 0. The molecule has 0 spiro atoms. The minimum Gasteiger partial charge on any atom is -2.00 e. The molecule has 0 aliphatic heterocycles. The molecular formula is H16Al2Ca2Mg2O3Si2. The topological polar surface area (TPSA) is 85.5 Å². The summed E-state index contributed by atoms with van der Waals surface area (Å²) in [6.45, 7) is 0. The van der Waals surface area contributed by atoms with Crippen LogP contribution in [-0.4, -0.2) is 178 Å². The van der Waals surface area contributed by atoms with Crippen molar-refractivity contribution in [3.05, 3.63) is 0 Å². The van der Waals surface area contributed by atoms with Gasteiger partial charge in [0.1, 0.15) is 0 Å². The Hall–Kier alpha value is 5.43. The van der Waals surface area contributed by atoms with Crippen LogP contribution in [0.4, 0.5) is 0 Å². The quantitative estimate of drug-likeness (QED) is 0.398. The second-order valence-electron chi connectivity index (χ2n) is 0. The molecule has 11 heteroatoms. The standard InChI is InChI=1S/2Al.2Ca.2Mg.3O.2H4Si.8H/h;;;;;;;;;2*1H4;;;;;;;;/q2*+3;;;;;3*-2;;;;;;;;;;.